The Morgan fingerprint density at radius 1 is 1.04 bits per heavy atom. The number of nitrogens with zero attached hydrogens (tertiary/aromatic N) is 2. The zero-order valence-corrected chi connectivity index (χ0v) is 14.7. The second-order valence-corrected chi connectivity index (χ2v) is 6.34. The lowest BCUT2D eigenvalue weighted by atomic mass is 10.0. The van der Waals surface area contributed by atoms with E-state index in [1.54, 1.807) is 10.8 Å². The minimum Gasteiger partial charge on any atom is -0.315 e. The maximum absolute atomic E-state index is 14.9. The molecule has 0 aliphatic rings. The van der Waals surface area contributed by atoms with Crippen LogP contribution in [0.2, 0.25) is 0 Å². The van der Waals surface area contributed by atoms with E-state index in [2.05, 4.69) is 11.9 Å². The summed E-state index contributed by atoms with van der Waals surface area (Å²) in [4.78, 5) is 16.3. The molecule has 0 spiro atoms. The Morgan fingerprint density at radius 3 is 2.44 bits per heavy atom. The Morgan fingerprint density at radius 2 is 1.81 bits per heavy atom. The minimum atomic E-state index is -4.50. The number of hydrogen-bond acceptors (Lipinski definition) is 2. The van der Waals surface area contributed by atoms with Gasteiger partial charge in [0.05, 0.1) is 16.6 Å². The molecule has 3 nitrogen and oxygen atoms in total. The summed E-state index contributed by atoms with van der Waals surface area (Å²) in [5, 5.41) is 0.369. The van der Waals surface area contributed by atoms with Crippen LogP contribution in [0.15, 0.2) is 47.5 Å². The topological polar surface area (TPSA) is 34.9 Å². The molecule has 0 N–H and O–H groups in total. The predicted octanol–water partition coefficient (Wildman–Crippen LogP) is 5.41. The molecule has 0 fully saturated rings. The highest BCUT2D eigenvalue weighted by molar-refractivity contribution is 5.87. The molecule has 7 heteroatoms. The predicted molar refractivity (Wildman–Crippen MR) is 95.9 cm³/mol. The first-order valence-corrected chi connectivity index (χ1v) is 8.68. The van der Waals surface area contributed by atoms with E-state index in [0.29, 0.717) is 12.7 Å². The summed E-state index contributed by atoms with van der Waals surface area (Å²) in [7, 11) is 0. The van der Waals surface area contributed by atoms with Crippen LogP contribution in [0, 0.1) is 5.82 Å². The first-order chi connectivity index (χ1) is 12.8. The van der Waals surface area contributed by atoms with Gasteiger partial charge in [-0.25, -0.2) is 4.39 Å². The molecule has 142 valence electrons. The van der Waals surface area contributed by atoms with Crippen LogP contribution in [0.1, 0.15) is 31.7 Å². The molecule has 0 aliphatic heterocycles. The highest BCUT2D eigenvalue weighted by Gasteiger charge is 2.30. The van der Waals surface area contributed by atoms with Crippen LogP contribution in [-0.2, 0) is 12.7 Å². The number of aryl methyl sites for hydroxylation is 1. The number of halogens is 4. The van der Waals surface area contributed by atoms with Crippen LogP contribution in [0.4, 0.5) is 17.6 Å². The van der Waals surface area contributed by atoms with E-state index in [9.17, 15) is 22.4 Å². The molecule has 1 aromatic carbocycles. The molecule has 0 radical (unpaired) electrons. The Hall–Kier alpha value is -2.70. The van der Waals surface area contributed by atoms with Gasteiger partial charge in [0, 0.05) is 29.9 Å². The van der Waals surface area contributed by atoms with Crippen LogP contribution in [0.3, 0.4) is 0 Å². The van der Waals surface area contributed by atoms with Crippen molar-refractivity contribution in [3.63, 3.8) is 0 Å². The van der Waals surface area contributed by atoms with E-state index in [1.807, 2.05) is 0 Å². The molecule has 27 heavy (non-hydrogen) atoms. The van der Waals surface area contributed by atoms with Crippen LogP contribution in [-0.4, -0.2) is 9.55 Å². The Balaban J connectivity index is 2.00. The minimum absolute atomic E-state index is 0.0550. The van der Waals surface area contributed by atoms with Gasteiger partial charge in [0.1, 0.15) is 5.82 Å². The number of pyridine rings is 2. The number of fused-ring (bicyclic) bond motifs is 1. The Bertz CT molecular complexity index is 1010. The monoisotopic (exact) mass is 378 g/mol. The molecule has 0 unspecified atom stereocenters. The van der Waals surface area contributed by atoms with Crippen molar-refractivity contribution in [1.29, 1.82) is 0 Å². The van der Waals surface area contributed by atoms with Crippen molar-refractivity contribution in [2.75, 3.05) is 0 Å². The molecule has 0 aliphatic carbocycles. The summed E-state index contributed by atoms with van der Waals surface area (Å²) in [5.74, 6) is -0.669. The Labute approximate surface area is 153 Å². The molecular formula is C20H18F4N2O. The second kappa shape index (κ2) is 7.50. The summed E-state index contributed by atoms with van der Waals surface area (Å²) in [6.45, 7) is 2.63. The van der Waals surface area contributed by atoms with Gasteiger partial charge in [0.25, 0.3) is 5.56 Å². The van der Waals surface area contributed by atoms with Gasteiger partial charge in [-0.05, 0) is 36.8 Å². The van der Waals surface area contributed by atoms with Crippen LogP contribution >= 0.6 is 0 Å². The molecule has 0 amide bonds. The summed E-state index contributed by atoms with van der Waals surface area (Å²) in [5.41, 5.74) is -1.05. The van der Waals surface area contributed by atoms with Crippen molar-refractivity contribution in [2.24, 2.45) is 0 Å². The van der Waals surface area contributed by atoms with E-state index in [0.717, 1.165) is 31.4 Å². The highest BCUT2D eigenvalue weighted by Crippen LogP contribution is 2.31. The normalized spacial score (nSPS) is 11.9. The van der Waals surface area contributed by atoms with Gasteiger partial charge < -0.3 is 4.57 Å². The molecule has 2 heterocycles. The third kappa shape index (κ3) is 3.86. The van der Waals surface area contributed by atoms with E-state index >= 15 is 0 Å². The SMILES string of the molecule is CCCCCn1ccc2c(F)c(-c3ccc(C(F)(F)F)cn3)ccc2c1=O. The van der Waals surface area contributed by atoms with Crippen molar-refractivity contribution in [3.05, 3.63) is 64.5 Å². The number of hydrogen-bond donors (Lipinski definition) is 0. The molecule has 0 atom stereocenters. The van der Waals surface area contributed by atoms with Gasteiger partial charge in [0.2, 0.25) is 0 Å². The van der Waals surface area contributed by atoms with Crippen LogP contribution in [0.5, 0.6) is 0 Å². The number of alkyl halides is 3. The maximum Gasteiger partial charge on any atom is 0.417 e. The van der Waals surface area contributed by atoms with E-state index in [1.165, 1.54) is 18.2 Å². The van der Waals surface area contributed by atoms with Gasteiger partial charge in [-0.2, -0.15) is 13.2 Å². The Kier molecular flexibility index (Phi) is 5.30. The summed E-state index contributed by atoms with van der Waals surface area (Å²) in [6.07, 6.45) is 0.601. The fraction of sp³-hybridized carbons (Fsp3) is 0.300. The molecule has 0 bridgehead atoms. The average Bonchev–Trinajstić information content (AvgIpc) is 2.64. The van der Waals surface area contributed by atoms with E-state index < -0.39 is 17.6 Å². The average molecular weight is 378 g/mol. The number of benzene rings is 1. The highest BCUT2D eigenvalue weighted by atomic mass is 19.4. The lowest BCUT2D eigenvalue weighted by molar-refractivity contribution is -0.137. The third-order valence-corrected chi connectivity index (χ3v) is 4.46. The summed E-state index contributed by atoms with van der Waals surface area (Å²) >= 11 is 0. The lowest BCUT2D eigenvalue weighted by Gasteiger charge is -2.10. The van der Waals surface area contributed by atoms with Gasteiger partial charge >= 0.3 is 6.18 Å². The fourth-order valence-corrected chi connectivity index (χ4v) is 2.96. The van der Waals surface area contributed by atoms with Crippen LogP contribution in [0.25, 0.3) is 22.0 Å². The fourth-order valence-electron chi connectivity index (χ4n) is 2.96. The van der Waals surface area contributed by atoms with Crippen molar-refractivity contribution < 1.29 is 17.6 Å². The standard InChI is InChI=1S/C20H18F4N2O/c1-2-3-4-10-26-11-9-14-15(19(26)27)6-7-16(18(14)21)17-8-5-13(12-25-17)20(22,23)24/h5-9,11-12H,2-4,10H2,1H3. The number of aromatic nitrogens is 2. The first kappa shape index (κ1) is 19.1. The van der Waals surface area contributed by atoms with Gasteiger partial charge in [-0.15, -0.1) is 0 Å². The van der Waals surface area contributed by atoms with Gasteiger partial charge in [-0.3, -0.25) is 9.78 Å². The summed E-state index contributed by atoms with van der Waals surface area (Å²) in [6, 6.07) is 6.37. The lowest BCUT2D eigenvalue weighted by Crippen LogP contribution is -2.19. The molecule has 2 aromatic heterocycles. The zero-order chi connectivity index (χ0) is 19.6. The van der Waals surface area contributed by atoms with E-state index in [-0.39, 0.29) is 27.6 Å². The van der Waals surface area contributed by atoms with E-state index in [4.69, 9.17) is 0 Å². The van der Waals surface area contributed by atoms with Gasteiger partial charge in [-0.1, -0.05) is 19.8 Å². The largest absolute Gasteiger partial charge is 0.417 e. The molecule has 3 rings (SSSR count). The molecule has 0 saturated carbocycles. The second-order valence-electron chi connectivity index (χ2n) is 6.34. The van der Waals surface area contributed by atoms with Crippen LogP contribution < -0.4 is 5.56 Å². The van der Waals surface area contributed by atoms with Gasteiger partial charge in [0.15, 0.2) is 0 Å². The maximum atomic E-state index is 14.9. The first-order valence-electron chi connectivity index (χ1n) is 8.68. The van der Waals surface area contributed by atoms with Crippen molar-refractivity contribution in [3.8, 4) is 11.3 Å². The number of rotatable bonds is 5. The molecule has 3 aromatic rings. The third-order valence-electron chi connectivity index (χ3n) is 4.46. The van der Waals surface area contributed by atoms with Crippen molar-refractivity contribution in [2.45, 2.75) is 38.9 Å². The van der Waals surface area contributed by atoms with Crippen molar-refractivity contribution in [1.82, 2.24) is 9.55 Å². The molecular weight excluding hydrogens is 360 g/mol. The zero-order valence-electron chi connectivity index (χ0n) is 14.7. The smallest absolute Gasteiger partial charge is 0.315 e. The number of unbranched alkanes of at least 4 members (excludes halogenated alkanes) is 2. The summed E-state index contributed by atoms with van der Waals surface area (Å²) < 4.78 is 54.4. The molecule has 0 saturated heterocycles. The van der Waals surface area contributed by atoms with Crippen molar-refractivity contribution >= 4 is 10.8 Å². The quantitative estimate of drug-likeness (QED) is 0.439.